The van der Waals surface area contributed by atoms with E-state index >= 15 is 0 Å². The first-order valence-electron chi connectivity index (χ1n) is 14.3. The fraction of sp³-hybridized carbons (Fsp3) is 0.143. The highest BCUT2D eigenvalue weighted by molar-refractivity contribution is 8.28. The molecule has 0 spiro atoms. The largest absolute Gasteiger partial charge is 0.458 e. The van der Waals surface area contributed by atoms with Gasteiger partial charge in [-0.1, -0.05) is 68.4 Å². The van der Waals surface area contributed by atoms with Crippen LogP contribution in [0, 0.1) is 13.8 Å². The lowest BCUT2D eigenvalue weighted by Crippen LogP contribution is -2.52. The van der Waals surface area contributed by atoms with Crippen LogP contribution < -0.4 is 31.3 Å². The third-order valence-corrected chi connectivity index (χ3v) is 11.5. The van der Waals surface area contributed by atoms with Gasteiger partial charge in [-0.2, -0.15) is 23.2 Å². The summed E-state index contributed by atoms with van der Waals surface area (Å²) in [6.45, 7) is 8.87. The first-order chi connectivity index (χ1) is 20.0. The molecule has 0 radical (unpaired) electrons. The summed E-state index contributed by atoms with van der Waals surface area (Å²) in [5, 5.41) is 0. The molecular weight excluding hydrogens is 538 g/mol. The second-order valence-electron chi connectivity index (χ2n) is 11.9. The van der Waals surface area contributed by atoms with E-state index in [0.29, 0.717) is 0 Å². The van der Waals surface area contributed by atoms with E-state index in [9.17, 15) is 0 Å². The summed E-state index contributed by atoms with van der Waals surface area (Å²) in [5.41, 5.74) is 14.0. The van der Waals surface area contributed by atoms with Crippen LogP contribution in [0.2, 0.25) is 0 Å². The zero-order valence-electron chi connectivity index (χ0n) is 23.4. The molecule has 0 aliphatic carbocycles. The van der Waals surface area contributed by atoms with Crippen molar-refractivity contribution in [3.8, 4) is 45.3 Å². The van der Waals surface area contributed by atoms with Crippen LogP contribution in [0.4, 0.5) is 0 Å². The Morgan fingerprint density at radius 2 is 1.05 bits per heavy atom. The number of fused-ring (bicyclic) bond motifs is 8. The summed E-state index contributed by atoms with van der Waals surface area (Å²) in [6, 6.07) is 29.2. The zero-order chi connectivity index (χ0) is 27.6. The van der Waals surface area contributed by atoms with Gasteiger partial charge >= 0.3 is 0 Å². The maximum absolute atomic E-state index is 6.95. The molecule has 0 N–H and O–H groups in total. The molecule has 0 unspecified atom stereocenters. The SMILES string of the molecule is Cc1cc2c3c(c1)-c1ccccc1SB3c1cc3c(c(C(C)C)c1O2)Oc1cc(C)cc2c1B3Sc1ccccc1-2. The van der Waals surface area contributed by atoms with Gasteiger partial charge in [-0.05, 0) is 99.3 Å². The molecule has 2 nitrogen and oxygen atoms in total. The number of hydrogen-bond donors (Lipinski definition) is 0. The molecule has 41 heavy (non-hydrogen) atoms. The van der Waals surface area contributed by atoms with Crippen LogP contribution in [0.3, 0.4) is 0 Å². The Morgan fingerprint density at radius 3 is 1.51 bits per heavy atom. The fourth-order valence-electron chi connectivity index (χ4n) is 7.15. The van der Waals surface area contributed by atoms with Crippen molar-refractivity contribution in [2.75, 3.05) is 0 Å². The van der Waals surface area contributed by atoms with Crippen LogP contribution in [-0.2, 0) is 0 Å². The van der Waals surface area contributed by atoms with Crippen LogP contribution >= 0.6 is 23.2 Å². The molecule has 0 amide bonds. The lowest BCUT2D eigenvalue weighted by molar-refractivity contribution is 0.449. The summed E-state index contributed by atoms with van der Waals surface area (Å²) in [4.78, 5) is 2.66. The predicted molar refractivity (Wildman–Crippen MR) is 176 cm³/mol. The molecule has 0 bridgehead atoms. The smallest absolute Gasteiger partial charge is 0.289 e. The standard InChI is InChI=1S/C35H26B2O2S2/c1-18(2)31-34-25(36-32-23(13-19(3)15-27(32)38-34)21-9-5-7-11-29(21)40-36)17-26-35(31)39-28-16-20(4)14-24-22-10-6-8-12-30(22)41-37(26)33(24)28/h5-18H,1-4H3. The minimum absolute atomic E-state index is 0.168. The molecule has 0 atom stereocenters. The Labute approximate surface area is 249 Å². The molecular formula is C35H26B2O2S2. The molecule has 0 saturated heterocycles. The molecule has 6 heteroatoms. The van der Waals surface area contributed by atoms with Crippen molar-refractivity contribution in [2.45, 2.75) is 43.4 Å². The Hall–Kier alpha value is -3.47. The summed E-state index contributed by atoms with van der Waals surface area (Å²) >= 11 is 3.92. The molecule has 5 aromatic carbocycles. The molecule has 0 aromatic heterocycles. The lowest BCUT2D eigenvalue weighted by Gasteiger charge is -2.38. The minimum Gasteiger partial charge on any atom is -0.458 e. The Bertz CT molecular complexity index is 1850. The quantitative estimate of drug-likeness (QED) is 0.198. The highest BCUT2D eigenvalue weighted by Gasteiger charge is 2.45. The van der Waals surface area contributed by atoms with Gasteiger partial charge in [0.15, 0.2) is 0 Å². The van der Waals surface area contributed by atoms with Crippen LogP contribution in [0.25, 0.3) is 22.3 Å². The summed E-state index contributed by atoms with van der Waals surface area (Å²) in [5.74, 6) is 4.50. The van der Waals surface area contributed by atoms with E-state index in [0.717, 1.165) is 23.0 Å². The lowest BCUT2D eigenvalue weighted by atomic mass is 9.52. The van der Waals surface area contributed by atoms with E-state index in [2.05, 4.69) is 107 Å². The van der Waals surface area contributed by atoms with Gasteiger partial charge in [0.2, 0.25) is 0 Å². The van der Waals surface area contributed by atoms with Crippen molar-refractivity contribution in [3.63, 3.8) is 0 Å². The average Bonchev–Trinajstić information content (AvgIpc) is 2.96. The van der Waals surface area contributed by atoms with Crippen molar-refractivity contribution >= 4 is 57.1 Å². The molecule has 196 valence electrons. The number of ether oxygens (including phenoxy) is 2. The molecule has 4 aliphatic rings. The normalized spacial score (nSPS) is 14.7. The van der Waals surface area contributed by atoms with Crippen LogP contribution in [0.1, 0.15) is 36.5 Å². The van der Waals surface area contributed by atoms with E-state index in [1.54, 1.807) is 0 Å². The second kappa shape index (κ2) is 8.53. The first-order valence-corrected chi connectivity index (χ1v) is 16.1. The maximum atomic E-state index is 6.95. The van der Waals surface area contributed by atoms with Gasteiger partial charge in [0.1, 0.15) is 23.0 Å². The number of benzene rings is 5. The third kappa shape index (κ3) is 3.32. The van der Waals surface area contributed by atoms with Gasteiger partial charge in [0, 0.05) is 15.4 Å². The van der Waals surface area contributed by atoms with E-state index in [1.807, 2.05) is 23.2 Å². The van der Waals surface area contributed by atoms with Crippen molar-refractivity contribution < 1.29 is 9.47 Å². The average molecular weight is 564 g/mol. The van der Waals surface area contributed by atoms with Gasteiger partial charge < -0.3 is 9.47 Å². The van der Waals surface area contributed by atoms with Crippen molar-refractivity contribution in [3.05, 3.63) is 95.6 Å². The van der Waals surface area contributed by atoms with E-state index in [4.69, 9.17) is 9.47 Å². The summed E-state index contributed by atoms with van der Waals surface area (Å²) < 4.78 is 13.9. The summed E-state index contributed by atoms with van der Waals surface area (Å²) in [7, 11) is 0. The van der Waals surface area contributed by atoms with Gasteiger partial charge in [0.05, 0.1) is 0 Å². The van der Waals surface area contributed by atoms with Crippen molar-refractivity contribution in [1.29, 1.82) is 0 Å². The summed E-state index contributed by atoms with van der Waals surface area (Å²) in [6.07, 6.45) is 0. The second-order valence-corrected chi connectivity index (χ2v) is 14.2. The van der Waals surface area contributed by atoms with Gasteiger partial charge in [-0.15, -0.1) is 0 Å². The zero-order valence-corrected chi connectivity index (χ0v) is 25.0. The van der Waals surface area contributed by atoms with E-state index in [-0.39, 0.29) is 17.9 Å². The predicted octanol–water partition coefficient (Wildman–Crippen LogP) is 7.40. The number of rotatable bonds is 1. The highest BCUT2D eigenvalue weighted by Crippen LogP contribution is 2.49. The van der Waals surface area contributed by atoms with Gasteiger partial charge in [-0.25, -0.2) is 0 Å². The van der Waals surface area contributed by atoms with Gasteiger partial charge in [0.25, 0.3) is 12.0 Å². The Balaban J connectivity index is 1.32. The van der Waals surface area contributed by atoms with Gasteiger partial charge in [-0.3, -0.25) is 0 Å². The molecule has 4 heterocycles. The number of hydrogen-bond acceptors (Lipinski definition) is 4. The monoisotopic (exact) mass is 564 g/mol. The first kappa shape index (κ1) is 24.2. The topological polar surface area (TPSA) is 18.5 Å². The Kier molecular flexibility index (Phi) is 5.03. The van der Waals surface area contributed by atoms with Crippen LogP contribution in [0.5, 0.6) is 23.0 Å². The molecule has 0 fully saturated rings. The van der Waals surface area contributed by atoms with E-state index in [1.165, 1.54) is 70.6 Å². The molecule has 0 saturated carbocycles. The van der Waals surface area contributed by atoms with Crippen molar-refractivity contribution in [1.82, 2.24) is 0 Å². The Morgan fingerprint density at radius 1 is 0.585 bits per heavy atom. The van der Waals surface area contributed by atoms with Crippen LogP contribution in [-0.4, -0.2) is 12.0 Å². The van der Waals surface area contributed by atoms with Crippen molar-refractivity contribution in [2.24, 2.45) is 0 Å². The molecule has 4 aliphatic heterocycles. The molecule has 5 aromatic rings. The highest BCUT2D eigenvalue weighted by atomic mass is 32.2. The third-order valence-electron chi connectivity index (χ3n) is 8.83. The van der Waals surface area contributed by atoms with E-state index < -0.39 is 0 Å². The number of aryl methyl sites for hydroxylation is 2. The minimum atomic E-state index is 0.168. The fourth-order valence-corrected chi connectivity index (χ4v) is 9.91. The van der Waals surface area contributed by atoms with Crippen LogP contribution in [0.15, 0.2) is 88.7 Å². The maximum Gasteiger partial charge on any atom is 0.289 e. The molecule has 9 rings (SSSR count).